The SMILES string of the molecule is O=C(CCNCCC(F)(F)F)N(CCNCCc1ccc(O)c2[nH]c(=O)sc12)C1CCCCC1.O=C(O)C(F)(F)F.O=C(O)C(F)(F)F. The number of carboxylic acid groups (broad SMARTS) is 2. The number of aromatic nitrogens is 1. The number of fused-ring (bicyclic) bond motifs is 1. The Morgan fingerprint density at radius 2 is 1.40 bits per heavy atom. The van der Waals surface area contributed by atoms with Crippen molar-refractivity contribution in [1.82, 2.24) is 20.5 Å². The van der Waals surface area contributed by atoms with E-state index in [0.717, 1.165) is 47.3 Å². The second kappa shape index (κ2) is 19.4. The lowest BCUT2D eigenvalue weighted by Crippen LogP contribution is -2.45. The third kappa shape index (κ3) is 16.5. The molecule has 1 saturated carbocycles. The molecule has 3 rings (SSSR count). The van der Waals surface area contributed by atoms with Crippen molar-refractivity contribution in [2.75, 3.05) is 32.7 Å². The number of benzene rings is 1. The summed E-state index contributed by atoms with van der Waals surface area (Å²) in [5.41, 5.74) is 1.43. The molecule has 1 aliphatic rings. The van der Waals surface area contributed by atoms with Gasteiger partial charge in [0.1, 0.15) is 11.3 Å². The molecule has 0 spiro atoms. The highest BCUT2D eigenvalue weighted by Gasteiger charge is 2.39. The third-order valence-electron chi connectivity index (χ3n) is 6.66. The predicted octanol–water partition coefficient (Wildman–Crippen LogP) is 4.79. The van der Waals surface area contributed by atoms with Crippen LogP contribution in [-0.4, -0.2) is 100 Å². The van der Waals surface area contributed by atoms with Crippen molar-refractivity contribution in [3.8, 4) is 5.75 Å². The zero-order chi connectivity index (χ0) is 36.7. The maximum absolute atomic E-state index is 12.8. The van der Waals surface area contributed by atoms with E-state index in [1.807, 2.05) is 11.0 Å². The maximum atomic E-state index is 12.8. The average molecular weight is 731 g/mol. The second-order valence-corrected chi connectivity index (χ2v) is 11.3. The van der Waals surface area contributed by atoms with Gasteiger partial charge in [-0.1, -0.05) is 36.7 Å². The second-order valence-electron chi connectivity index (χ2n) is 10.3. The Balaban J connectivity index is 0.000000687. The molecule has 48 heavy (non-hydrogen) atoms. The molecular formula is C27H35F9N4O7S. The van der Waals surface area contributed by atoms with Crippen LogP contribution in [0.15, 0.2) is 16.9 Å². The number of thiazole rings is 1. The number of aliphatic carboxylic acids is 2. The molecule has 0 bridgehead atoms. The number of phenolic OH excluding ortho intramolecular Hbond substituents is 1. The van der Waals surface area contributed by atoms with Gasteiger partial charge in [-0.15, -0.1) is 0 Å². The normalized spacial score (nSPS) is 14.0. The van der Waals surface area contributed by atoms with Crippen LogP contribution in [-0.2, 0) is 20.8 Å². The molecule has 21 heteroatoms. The van der Waals surface area contributed by atoms with E-state index in [1.54, 1.807) is 6.07 Å². The minimum absolute atomic E-state index is 0.0226. The Kier molecular flexibility index (Phi) is 17.2. The lowest BCUT2D eigenvalue weighted by atomic mass is 9.94. The summed E-state index contributed by atoms with van der Waals surface area (Å²) < 4.78 is 101. The molecule has 1 aliphatic carbocycles. The molecule has 2 aromatic rings. The van der Waals surface area contributed by atoms with Crippen LogP contribution in [0.3, 0.4) is 0 Å². The maximum Gasteiger partial charge on any atom is 0.490 e. The van der Waals surface area contributed by atoms with Gasteiger partial charge in [0.05, 0.1) is 11.1 Å². The van der Waals surface area contributed by atoms with Crippen LogP contribution in [0.5, 0.6) is 5.75 Å². The Bertz CT molecular complexity index is 1350. The summed E-state index contributed by atoms with van der Waals surface area (Å²) in [4.78, 5) is 46.6. The predicted molar refractivity (Wildman–Crippen MR) is 155 cm³/mol. The van der Waals surface area contributed by atoms with Crippen molar-refractivity contribution in [3.05, 3.63) is 27.4 Å². The minimum atomic E-state index is -5.08. The molecule has 1 amide bonds. The lowest BCUT2D eigenvalue weighted by Gasteiger charge is -2.34. The number of carbonyl (C=O) groups excluding carboxylic acids is 1. The van der Waals surface area contributed by atoms with Crippen molar-refractivity contribution in [2.45, 2.75) is 75.9 Å². The van der Waals surface area contributed by atoms with Crippen LogP contribution in [0.4, 0.5) is 39.5 Å². The fourth-order valence-corrected chi connectivity index (χ4v) is 5.31. The van der Waals surface area contributed by atoms with Crippen LogP contribution < -0.4 is 15.5 Å². The summed E-state index contributed by atoms with van der Waals surface area (Å²) in [5, 5.41) is 30.2. The van der Waals surface area contributed by atoms with E-state index in [4.69, 9.17) is 19.8 Å². The van der Waals surface area contributed by atoms with Crippen molar-refractivity contribution >= 4 is 39.4 Å². The van der Waals surface area contributed by atoms with Crippen molar-refractivity contribution < 1.29 is 69.2 Å². The highest BCUT2D eigenvalue weighted by molar-refractivity contribution is 7.16. The zero-order valence-electron chi connectivity index (χ0n) is 25.2. The Morgan fingerprint density at radius 1 is 0.854 bits per heavy atom. The summed E-state index contributed by atoms with van der Waals surface area (Å²) in [6, 6.07) is 3.58. The molecule has 1 fully saturated rings. The van der Waals surface area contributed by atoms with Crippen LogP contribution in [0, 0.1) is 0 Å². The van der Waals surface area contributed by atoms with Gasteiger partial charge in [0.2, 0.25) is 5.91 Å². The molecule has 0 radical (unpaired) electrons. The molecule has 11 nitrogen and oxygen atoms in total. The van der Waals surface area contributed by atoms with Gasteiger partial charge in [0.25, 0.3) is 0 Å². The number of halogens is 9. The van der Waals surface area contributed by atoms with E-state index in [9.17, 15) is 54.2 Å². The molecule has 1 aromatic heterocycles. The topological polar surface area (TPSA) is 172 Å². The smallest absolute Gasteiger partial charge is 0.490 e. The Morgan fingerprint density at radius 3 is 1.92 bits per heavy atom. The summed E-state index contributed by atoms with van der Waals surface area (Å²) in [5.74, 6) is -5.48. The van der Waals surface area contributed by atoms with Gasteiger partial charge >= 0.3 is 35.3 Å². The summed E-state index contributed by atoms with van der Waals surface area (Å²) >= 11 is 1.08. The fraction of sp³-hybridized carbons (Fsp3) is 0.630. The number of H-pyrrole nitrogens is 1. The highest BCUT2D eigenvalue weighted by atomic mass is 32.1. The summed E-state index contributed by atoms with van der Waals surface area (Å²) in [6.07, 6.45) is -9.13. The average Bonchev–Trinajstić information content (AvgIpc) is 3.37. The molecular weight excluding hydrogens is 695 g/mol. The monoisotopic (exact) mass is 730 g/mol. The number of amides is 1. The molecule has 0 unspecified atom stereocenters. The molecule has 0 aliphatic heterocycles. The van der Waals surface area contributed by atoms with Gasteiger partial charge < -0.3 is 35.8 Å². The van der Waals surface area contributed by atoms with Crippen molar-refractivity contribution in [1.29, 1.82) is 0 Å². The number of hydrogen-bond acceptors (Lipinski definition) is 8. The van der Waals surface area contributed by atoms with E-state index in [2.05, 4.69) is 15.6 Å². The van der Waals surface area contributed by atoms with Crippen LogP contribution in [0.25, 0.3) is 10.2 Å². The van der Waals surface area contributed by atoms with E-state index in [-0.39, 0.29) is 42.1 Å². The number of aromatic hydroxyl groups is 1. The van der Waals surface area contributed by atoms with Crippen molar-refractivity contribution in [2.24, 2.45) is 0 Å². The molecule has 0 saturated heterocycles. The largest absolute Gasteiger partial charge is 0.506 e. The number of carbonyl (C=O) groups is 3. The first-order valence-electron chi connectivity index (χ1n) is 14.3. The Labute approximate surface area is 271 Å². The van der Waals surface area contributed by atoms with Gasteiger partial charge in [-0.25, -0.2) is 9.59 Å². The fourth-order valence-electron chi connectivity index (χ4n) is 4.42. The van der Waals surface area contributed by atoms with E-state index < -0.39 is 36.9 Å². The van der Waals surface area contributed by atoms with Crippen LogP contribution in [0.1, 0.15) is 50.5 Å². The van der Waals surface area contributed by atoms with Crippen LogP contribution >= 0.6 is 11.3 Å². The molecule has 274 valence electrons. The Hall–Kier alpha value is -3.59. The van der Waals surface area contributed by atoms with E-state index in [1.165, 1.54) is 6.42 Å². The number of rotatable bonds is 12. The zero-order valence-corrected chi connectivity index (χ0v) is 26.0. The molecule has 1 heterocycles. The number of nitrogens with one attached hydrogen (secondary N) is 3. The summed E-state index contributed by atoms with van der Waals surface area (Å²) in [7, 11) is 0. The van der Waals surface area contributed by atoms with Crippen LogP contribution in [0.2, 0.25) is 0 Å². The van der Waals surface area contributed by atoms with Gasteiger partial charge in [-0.3, -0.25) is 9.59 Å². The van der Waals surface area contributed by atoms with Gasteiger partial charge in [-0.05, 0) is 37.4 Å². The summed E-state index contributed by atoms with van der Waals surface area (Å²) in [6.45, 7) is 1.87. The van der Waals surface area contributed by atoms with E-state index >= 15 is 0 Å². The number of nitrogens with zero attached hydrogens (tertiary/aromatic N) is 1. The standard InChI is InChI=1S/C23H33F3N4O3S.2C2HF3O2/c24-23(25,26)10-13-27-12-9-19(32)30(17-4-2-1-3-5-17)15-14-28-11-8-16-6-7-18(31)20-21(16)34-22(33)29-20;2*3-2(4,5)1(6)7/h6-7,17,27-28,31H,1-5,8-15H2,(H,29,33);2*(H,6,7). The van der Waals surface area contributed by atoms with Gasteiger partial charge in [0.15, 0.2) is 0 Å². The highest BCUT2D eigenvalue weighted by Crippen LogP contribution is 2.28. The first-order valence-corrected chi connectivity index (χ1v) is 15.2. The number of hydrogen-bond donors (Lipinski definition) is 6. The number of alkyl halides is 9. The van der Waals surface area contributed by atoms with Crippen molar-refractivity contribution in [3.63, 3.8) is 0 Å². The quantitative estimate of drug-likeness (QED) is 0.133. The minimum Gasteiger partial charge on any atom is -0.506 e. The first-order chi connectivity index (χ1) is 22.1. The third-order valence-corrected chi connectivity index (χ3v) is 7.62. The molecule has 6 N–H and O–H groups in total. The number of phenols is 1. The molecule has 0 atom stereocenters. The van der Waals surface area contributed by atoms with Gasteiger partial charge in [0, 0.05) is 38.6 Å². The number of carboxylic acids is 2. The van der Waals surface area contributed by atoms with Gasteiger partial charge in [-0.2, -0.15) is 39.5 Å². The number of aromatic amines is 1. The molecule has 1 aromatic carbocycles. The first kappa shape index (κ1) is 42.4. The lowest BCUT2D eigenvalue weighted by molar-refractivity contribution is -0.193. The van der Waals surface area contributed by atoms with E-state index in [0.29, 0.717) is 31.6 Å².